The largest absolute Gasteiger partial charge is 0.335 e. The molecule has 2 unspecified atom stereocenters. The Kier molecular flexibility index (Phi) is 3.87. The lowest BCUT2D eigenvalue weighted by Crippen LogP contribution is -2.43. The highest BCUT2D eigenvalue weighted by Crippen LogP contribution is 2.48. The third kappa shape index (κ3) is 2.63. The molecule has 1 amide bonds. The van der Waals surface area contributed by atoms with Crippen LogP contribution in [0.25, 0.3) is 0 Å². The molecule has 2 aliphatic rings. The molecule has 110 valence electrons. The number of carbonyl (C=O) groups excluding carboxylic acids is 1. The molecule has 4 heteroatoms. The van der Waals surface area contributed by atoms with Gasteiger partial charge >= 0.3 is 0 Å². The summed E-state index contributed by atoms with van der Waals surface area (Å²) >= 11 is 1.84. The number of rotatable bonds is 4. The minimum atomic E-state index is -0.0220. The topological polar surface area (TPSA) is 46.3 Å². The van der Waals surface area contributed by atoms with E-state index < -0.39 is 0 Å². The van der Waals surface area contributed by atoms with Gasteiger partial charge in [0, 0.05) is 23.9 Å². The lowest BCUT2D eigenvalue weighted by atomic mass is 9.94. The Morgan fingerprint density at radius 1 is 1.50 bits per heavy atom. The lowest BCUT2D eigenvalue weighted by molar-refractivity contribution is -0.135. The molecule has 0 saturated heterocycles. The molecule has 0 radical (unpaired) electrons. The molecule has 2 N–H and O–H groups in total. The van der Waals surface area contributed by atoms with Crippen molar-refractivity contribution in [2.45, 2.75) is 51.6 Å². The van der Waals surface area contributed by atoms with E-state index in [0.717, 1.165) is 13.0 Å². The fourth-order valence-corrected chi connectivity index (χ4v) is 4.01. The summed E-state index contributed by atoms with van der Waals surface area (Å²) in [5, 5.41) is 2.17. The van der Waals surface area contributed by atoms with Gasteiger partial charge in [-0.2, -0.15) is 0 Å². The van der Waals surface area contributed by atoms with Crippen molar-refractivity contribution in [3.05, 3.63) is 21.9 Å². The third-order valence-electron chi connectivity index (χ3n) is 4.67. The van der Waals surface area contributed by atoms with Crippen molar-refractivity contribution < 1.29 is 4.79 Å². The SMILES string of the molecule is CC(C)C(N)CC(=O)N1CCc2sccc2C1C1CC1. The zero-order valence-electron chi connectivity index (χ0n) is 12.3. The quantitative estimate of drug-likeness (QED) is 0.927. The van der Waals surface area contributed by atoms with Gasteiger partial charge in [-0.3, -0.25) is 4.79 Å². The van der Waals surface area contributed by atoms with Crippen molar-refractivity contribution in [2.24, 2.45) is 17.6 Å². The van der Waals surface area contributed by atoms with Crippen LogP contribution in [0.3, 0.4) is 0 Å². The smallest absolute Gasteiger partial charge is 0.224 e. The van der Waals surface area contributed by atoms with Crippen LogP contribution < -0.4 is 5.73 Å². The molecule has 1 aromatic heterocycles. The van der Waals surface area contributed by atoms with Gasteiger partial charge in [-0.15, -0.1) is 11.3 Å². The molecule has 0 spiro atoms. The Bertz CT molecular complexity index is 492. The number of fused-ring (bicyclic) bond motifs is 1. The number of carbonyl (C=O) groups is 1. The highest BCUT2D eigenvalue weighted by atomic mass is 32.1. The highest BCUT2D eigenvalue weighted by Gasteiger charge is 2.41. The first-order chi connectivity index (χ1) is 9.58. The first-order valence-corrected chi connectivity index (χ1v) is 8.57. The van der Waals surface area contributed by atoms with Gasteiger partial charge in [0.25, 0.3) is 0 Å². The first kappa shape index (κ1) is 14.1. The average molecular weight is 292 g/mol. The zero-order chi connectivity index (χ0) is 14.3. The Labute approximate surface area is 125 Å². The van der Waals surface area contributed by atoms with Crippen LogP contribution in [0.2, 0.25) is 0 Å². The fraction of sp³-hybridized carbons (Fsp3) is 0.688. The molecule has 1 aliphatic carbocycles. The zero-order valence-corrected chi connectivity index (χ0v) is 13.2. The summed E-state index contributed by atoms with van der Waals surface area (Å²) < 4.78 is 0. The summed E-state index contributed by atoms with van der Waals surface area (Å²) in [6.07, 6.45) is 4.03. The number of nitrogens with two attached hydrogens (primary N) is 1. The van der Waals surface area contributed by atoms with Crippen molar-refractivity contribution in [2.75, 3.05) is 6.54 Å². The Morgan fingerprint density at radius 2 is 2.25 bits per heavy atom. The van der Waals surface area contributed by atoms with Crippen LogP contribution in [-0.2, 0) is 11.2 Å². The third-order valence-corrected chi connectivity index (χ3v) is 5.67. The normalized spacial score (nSPS) is 23.8. The van der Waals surface area contributed by atoms with E-state index >= 15 is 0 Å². The standard InChI is InChI=1S/C16H24N2OS/c1-10(2)13(17)9-15(19)18-7-5-14-12(6-8-20-14)16(18)11-3-4-11/h6,8,10-11,13,16H,3-5,7,9,17H2,1-2H3. The van der Waals surface area contributed by atoms with E-state index in [1.54, 1.807) is 0 Å². The van der Waals surface area contributed by atoms with Crippen LogP contribution >= 0.6 is 11.3 Å². The molecule has 1 fully saturated rings. The molecule has 2 atom stereocenters. The van der Waals surface area contributed by atoms with Gasteiger partial charge in [-0.25, -0.2) is 0 Å². The minimum Gasteiger partial charge on any atom is -0.335 e. The second-order valence-electron chi connectivity index (χ2n) is 6.53. The predicted octanol–water partition coefficient (Wildman–Crippen LogP) is 2.96. The van der Waals surface area contributed by atoms with E-state index in [0.29, 0.717) is 24.3 Å². The summed E-state index contributed by atoms with van der Waals surface area (Å²) in [6, 6.07) is 2.54. The van der Waals surface area contributed by atoms with Crippen LogP contribution in [0, 0.1) is 11.8 Å². The maximum absolute atomic E-state index is 12.6. The van der Waals surface area contributed by atoms with E-state index in [-0.39, 0.29) is 11.9 Å². The highest BCUT2D eigenvalue weighted by molar-refractivity contribution is 7.10. The molecule has 3 rings (SSSR count). The van der Waals surface area contributed by atoms with Gasteiger partial charge in [-0.05, 0) is 48.1 Å². The molecule has 1 saturated carbocycles. The Morgan fingerprint density at radius 3 is 2.90 bits per heavy atom. The summed E-state index contributed by atoms with van der Waals surface area (Å²) in [4.78, 5) is 16.2. The molecule has 2 heterocycles. The molecule has 3 nitrogen and oxygen atoms in total. The van der Waals surface area contributed by atoms with Crippen molar-refractivity contribution in [1.82, 2.24) is 4.90 Å². The van der Waals surface area contributed by atoms with Gasteiger partial charge in [0.2, 0.25) is 5.91 Å². The number of nitrogens with zero attached hydrogens (tertiary/aromatic N) is 1. The monoisotopic (exact) mass is 292 g/mol. The number of thiophene rings is 1. The molecule has 0 aromatic carbocycles. The maximum atomic E-state index is 12.6. The molecule has 0 bridgehead atoms. The number of amides is 1. The van der Waals surface area contributed by atoms with Gasteiger partial charge in [0.15, 0.2) is 0 Å². The van der Waals surface area contributed by atoms with E-state index in [2.05, 4.69) is 30.2 Å². The van der Waals surface area contributed by atoms with Gasteiger partial charge in [-0.1, -0.05) is 13.8 Å². The van der Waals surface area contributed by atoms with Crippen LogP contribution in [0.1, 0.15) is 49.6 Å². The molecule has 20 heavy (non-hydrogen) atoms. The lowest BCUT2D eigenvalue weighted by Gasteiger charge is -2.37. The summed E-state index contributed by atoms with van der Waals surface area (Å²) in [5.74, 6) is 1.29. The van der Waals surface area contributed by atoms with Crippen molar-refractivity contribution >= 4 is 17.2 Å². The predicted molar refractivity (Wildman–Crippen MR) is 82.6 cm³/mol. The van der Waals surface area contributed by atoms with Crippen LogP contribution in [0.5, 0.6) is 0 Å². The average Bonchev–Trinajstić information content (AvgIpc) is 3.13. The van der Waals surface area contributed by atoms with E-state index in [1.807, 2.05) is 11.3 Å². The second kappa shape index (κ2) is 5.49. The molecule has 1 aliphatic heterocycles. The summed E-state index contributed by atoms with van der Waals surface area (Å²) in [5.41, 5.74) is 7.50. The minimum absolute atomic E-state index is 0.0220. The van der Waals surface area contributed by atoms with Crippen LogP contribution in [0.4, 0.5) is 0 Å². The van der Waals surface area contributed by atoms with Gasteiger partial charge in [0.05, 0.1) is 6.04 Å². The molecule has 1 aromatic rings. The van der Waals surface area contributed by atoms with E-state index in [4.69, 9.17) is 5.73 Å². The van der Waals surface area contributed by atoms with E-state index in [9.17, 15) is 4.79 Å². The van der Waals surface area contributed by atoms with Crippen LogP contribution in [0.15, 0.2) is 11.4 Å². The van der Waals surface area contributed by atoms with Crippen molar-refractivity contribution in [3.63, 3.8) is 0 Å². The van der Waals surface area contributed by atoms with Crippen LogP contribution in [-0.4, -0.2) is 23.4 Å². The second-order valence-corrected chi connectivity index (χ2v) is 7.53. The van der Waals surface area contributed by atoms with Gasteiger partial charge in [0.1, 0.15) is 0 Å². The molecular formula is C16H24N2OS. The fourth-order valence-electron chi connectivity index (χ4n) is 3.10. The van der Waals surface area contributed by atoms with Gasteiger partial charge < -0.3 is 10.6 Å². The van der Waals surface area contributed by atoms with Crippen molar-refractivity contribution in [1.29, 1.82) is 0 Å². The number of hydrogen-bond donors (Lipinski definition) is 1. The van der Waals surface area contributed by atoms with Crippen molar-refractivity contribution in [3.8, 4) is 0 Å². The Hall–Kier alpha value is -0.870. The summed E-state index contributed by atoms with van der Waals surface area (Å²) in [7, 11) is 0. The maximum Gasteiger partial charge on any atom is 0.224 e. The molecular weight excluding hydrogens is 268 g/mol. The Balaban J connectivity index is 1.77. The van der Waals surface area contributed by atoms with E-state index in [1.165, 1.54) is 23.3 Å². The number of hydrogen-bond acceptors (Lipinski definition) is 3. The summed E-state index contributed by atoms with van der Waals surface area (Å²) in [6.45, 7) is 5.05. The first-order valence-electron chi connectivity index (χ1n) is 7.69.